The molecule has 2 rings (SSSR count). The first-order valence-corrected chi connectivity index (χ1v) is 7.86. The van der Waals surface area contributed by atoms with Crippen molar-refractivity contribution in [2.24, 2.45) is 11.6 Å². The van der Waals surface area contributed by atoms with Gasteiger partial charge in [0.05, 0.1) is 11.4 Å². The number of halogens is 3. The Labute approximate surface area is 154 Å². The SMILES string of the molecule is CN(C)c1ccnc(OC/C(N)=C/N(N)c2ccc(Cl)c(C(F)F)c2)n1. The number of ether oxygens (including phenoxy) is 1. The molecule has 1 aromatic heterocycles. The van der Waals surface area contributed by atoms with Gasteiger partial charge in [0.2, 0.25) is 0 Å². The van der Waals surface area contributed by atoms with Gasteiger partial charge >= 0.3 is 6.01 Å². The van der Waals surface area contributed by atoms with Crippen LogP contribution < -0.4 is 26.2 Å². The molecule has 26 heavy (non-hydrogen) atoms. The van der Waals surface area contributed by atoms with Crippen LogP contribution in [0.3, 0.4) is 0 Å². The second-order valence-corrected chi connectivity index (χ2v) is 5.91. The molecule has 1 aromatic carbocycles. The van der Waals surface area contributed by atoms with E-state index in [1.54, 1.807) is 17.2 Å². The van der Waals surface area contributed by atoms with Crippen LogP contribution in [-0.4, -0.2) is 30.7 Å². The van der Waals surface area contributed by atoms with Gasteiger partial charge in [0, 0.05) is 37.1 Å². The highest BCUT2D eigenvalue weighted by atomic mass is 35.5. The third-order valence-corrected chi connectivity index (χ3v) is 3.61. The van der Waals surface area contributed by atoms with Crippen molar-refractivity contribution in [2.45, 2.75) is 6.43 Å². The fraction of sp³-hybridized carbons (Fsp3) is 0.250. The summed E-state index contributed by atoms with van der Waals surface area (Å²) in [6.45, 7) is -0.0279. The highest BCUT2D eigenvalue weighted by molar-refractivity contribution is 6.31. The highest BCUT2D eigenvalue weighted by Crippen LogP contribution is 2.30. The minimum absolute atomic E-state index is 0.0279. The predicted octanol–water partition coefficient (Wildman–Crippen LogP) is 2.69. The zero-order valence-corrected chi connectivity index (χ0v) is 15.0. The van der Waals surface area contributed by atoms with Gasteiger partial charge in [-0.05, 0) is 24.3 Å². The minimum atomic E-state index is -2.71. The van der Waals surface area contributed by atoms with Crippen LogP contribution in [0.25, 0.3) is 0 Å². The average molecular weight is 385 g/mol. The van der Waals surface area contributed by atoms with Crippen LogP contribution in [0.5, 0.6) is 6.01 Å². The van der Waals surface area contributed by atoms with Gasteiger partial charge in [-0.3, -0.25) is 5.01 Å². The van der Waals surface area contributed by atoms with Gasteiger partial charge in [-0.1, -0.05) is 11.6 Å². The maximum atomic E-state index is 12.9. The summed E-state index contributed by atoms with van der Waals surface area (Å²) in [5.74, 6) is 6.52. The van der Waals surface area contributed by atoms with Crippen molar-refractivity contribution in [2.75, 3.05) is 30.6 Å². The summed E-state index contributed by atoms with van der Waals surface area (Å²) in [6.07, 6.45) is 0.211. The monoisotopic (exact) mass is 384 g/mol. The molecule has 0 amide bonds. The number of nitrogens with zero attached hydrogens (tertiary/aromatic N) is 4. The van der Waals surface area contributed by atoms with Gasteiger partial charge in [0.1, 0.15) is 12.4 Å². The second kappa shape index (κ2) is 8.63. The molecule has 140 valence electrons. The fourth-order valence-electron chi connectivity index (χ4n) is 1.95. The molecule has 0 atom stereocenters. The molecule has 0 bridgehead atoms. The molecule has 0 unspecified atom stereocenters. The van der Waals surface area contributed by atoms with Gasteiger partial charge in [0.25, 0.3) is 6.43 Å². The van der Waals surface area contributed by atoms with Crippen molar-refractivity contribution in [1.82, 2.24) is 9.97 Å². The maximum Gasteiger partial charge on any atom is 0.318 e. The molecular formula is C16H19ClF2N6O. The summed E-state index contributed by atoms with van der Waals surface area (Å²) >= 11 is 5.74. The molecule has 0 saturated carbocycles. The van der Waals surface area contributed by atoms with Crippen LogP contribution >= 0.6 is 11.6 Å². The van der Waals surface area contributed by atoms with Crippen LogP contribution in [0.15, 0.2) is 42.4 Å². The number of nitrogens with two attached hydrogens (primary N) is 2. The summed E-state index contributed by atoms with van der Waals surface area (Å²) in [7, 11) is 3.68. The maximum absolute atomic E-state index is 12.9. The minimum Gasteiger partial charge on any atom is -0.457 e. The predicted molar refractivity (Wildman–Crippen MR) is 97.2 cm³/mol. The zero-order chi connectivity index (χ0) is 19.3. The number of hydrazine groups is 1. The Balaban J connectivity index is 2.05. The van der Waals surface area contributed by atoms with E-state index in [1.165, 1.54) is 24.4 Å². The normalized spacial score (nSPS) is 11.6. The van der Waals surface area contributed by atoms with E-state index in [9.17, 15) is 8.78 Å². The van der Waals surface area contributed by atoms with Crippen LogP contribution in [0.4, 0.5) is 20.3 Å². The van der Waals surface area contributed by atoms with E-state index >= 15 is 0 Å². The van der Waals surface area contributed by atoms with Gasteiger partial charge in [-0.25, -0.2) is 19.6 Å². The second-order valence-electron chi connectivity index (χ2n) is 5.50. The van der Waals surface area contributed by atoms with E-state index in [0.717, 1.165) is 5.01 Å². The summed E-state index contributed by atoms with van der Waals surface area (Å²) in [6, 6.07) is 5.93. The van der Waals surface area contributed by atoms with Crippen molar-refractivity contribution in [3.05, 3.63) is 52.9 Å². The molecule has 1 heterocycles. The fourth-order valence-corrected chi connectivity index (χ4v) is 2.15. The number of anilines is 2. The third-order valence-electron chi connectivity index (χ3n) is 3.26. The van der Waals surface area contributed by atoms with Gasteiger partial charge in [-0.15, -0.1) is 0 Å². The number of alkyl halides is 2. The molecule has 7 nitrogen and oxygen atoms in total. The van der Waals surface area contributed by atoms with Crippen LogP contribution in [-0.2, 0) is 0 Å². The lowest BCUT2D eigenvalue weighted by molar-refractivity contribution is 0.151. The van der Waals surface area contributed by atoms with Crippen molar-refractivity contribution in [1.29, 1.82) is 0 Å². The lowest BCUT2D eigenvalue weighted by Gasteiger charge is -2.17. The van der Waals surface area contributed by atoms with E-state index in [2.05, 4.69) is 9.97 Å². The Morgan fingerprint density at radius 3 is 2.73 bits per heavy atom. The largest absolute Gasteiger partial charge is 0.457 e. The molecule has 4 N–H and O–H groups in total. The third kappa shape index (κ3) is 5.17. The Kier molecular flexibility index (Phi) is 6.53. The van der Waals surface area contributed by atoms with E-state index in [-0.39, 0.29) is 28.9 Å². The molecule has 2 aromatic rings. The van der Waals surface area contributed by atoms with Crippen LogP contribution in [0, 0.1) is 0 Å². The standard InChI is InChI=1S/C16H19ClF2N6O/c1-24(2)14-5-6-22-16(23-14)26-9-10(20)8-25(21)11-3-4-13(17)12(7-11)15(18)19/h3-8,15H,9,20-21H2,1-2H3/b10-8-. The summed E-state index contributed by atoms with van der Waals surface area (Å²) in [5.41, 5.74) is 6.11. The Morgan fingerprint density at radius 1 is 1.35 bits per heavy atom. The van der Waals surface area contributed by atoms with Crippen molar-refractivity contribution in [3.8, 4) is 6.01 Å². The summed E-state index contributed by atoms with van der Waals surface area (Å²) in [4.78, 5) is 9.98. The molecule has 0 radical (unpaired) electrons. The smallest absolute Gasteiger partial charge is 0.318 e. The van der Waals surface area contributed by atoms with E-state index in [4.69, 9.17) is 27.9 Å². The highest BCUT2D eigenvalue weighted by Gasteiger charge is 2.14. The van der Waals surface area contributed by atoms with E-state index in [1.807, 2.05) is 14.1 Å². The summed E-state index contributed by atoms with van der Waals surface area (Å²) in [5, 5.41) is 1.08. The first kappa shape index (κ1) is 19.7. The zero-order valence-electron chi connectivity index (χ0n) is 14.2. The molecule has 0 saturated heterocycles. The molecule has 0 aliphatic carbocycles. The number of hydrogen-bond acceptors (Lipinski definition) is 7. The molecule has 0 fully saturated rings. The number of rotatable bonds is 7. The molecule has 0 aliphatic heterocycles. The van der Waals surface area contributed by atoms with Crippen LogP contribution in [0.2, 0.25) is 5.02 Å². The number of hydrogen-bond donors (Lipinski definition) is 2. The molecule has 0 spiro atoms. The average Bonchev–Trinajstić information content (AvgIpc) is 2.60. The van der Waals surface area contributed by atoms with E-state index < -0.39 is 6.43 Å². The van der Waals surface area contributed by atoms with E-state index in [0.29, 0.717) is 11.5 Å². The quantitative estimate of drug-likeness (QED) is 0.560. The van der Waals surface area contributed by atoms with Gasteiger partial charge < -0.3 is 15.4 Å². The van der Waals surface area contributed by atoms with Crippen molar-refractivity contribution in [3.63, 3.8) is 0 Å². The number of benzene rings is 1. The first-order chi connectivity index (χ1) is 12.3. The van der Waals surface area contributed by atoms with Crippen molar-refractivity contribution >= 4 is 23.1 Å². The van der Waals surface area contributed by atoms with Crippen LogP contribution in [0.1, 0.15) is 12.0 Å². The van der Waals surface area contributed by atoms with Crippen molar-refractivity contribution < 1.29 is 13.5 Å². The summed E-state index contributed by atoms with van der Waals surface area (Å²) < 4.78 is 31.2. The molecule has 0 aliphatic rings. The molecule has 10 heteroatoms. The van der Waals surface area contributed by atoms with Gasteiger partial charge in [0.15, 0.2) is 0 Å². The van der Waals surface area contributed by atoms with Gasteiger partial charge in [-0.2, -0.15) is 4.98 Å². The Morgan fingerprint density at radius 2 is 2.08 bits per heavy atom. The Hall–Kier alpha value is -2.65. The Bertz CT molecular complexity index is 787. The number of aromatic nitrogens is 2. The lowest BCUT2D eigenvalue weighted by Crippen LogP contribution is -2.27. The topological polar surface area (TPSA) is 93.5 Å². The first-order valence-electron chi connectivity index (χ1n) is 7.48. The lowest BCUT2D eigenvalue weighted by atomic mass is 10.2. The molecular weight excluding hydrogens is 366 g/mol.